The number of amides is 1. The van der Waals surface area contributed by atoms with Crippen molar-refractivity contribution in [2.75, 3.05) is 13.7 Å². The Morgan fingerprint density at radius 3 is 2.47 bits per heavy atom. The predicted molar refractivity (Wildman–Crippen MR) is 71.6 cm³/mol. The third-order valence-electron chi connectivity index (χ3n) is 3.11. The second kappa shape index (κ2) is 5.38. The Kier molecular flexibility index (Phi) is 4.01. The average molecular weight is 304 g/mol. The van der Waals surface area contributed by atoms with E-state index in [-0.39, 0.29) is 18.9 Å². The Balaban J connectivity index is 2.05. The number of halogens is 1. The second-order valence-electron chi connectivity index (χ2n) is 4.42. The molecule has 0 radical (unpaired) electrons. The molecule has 1 aliphatic rings. The first-order chi connectivity index (χ1) is 8.90. The van der Waals surface area contributed by atoms with Gasteiger partial charge in [-0.25, -0.2) is 8.42 Å². The summed E-state index contributed by atoms with van der Waals surface area (Å²) in [6.45, 7) is 0.530. The fraction of sp³-hybridized carbons (Fsp3) is 0.417. The molecule has 7 heteroatoms. The van der Waals surface area contributed by atoms with Gasteiger partial charge in [0.2, 0.25) is 15.0 Å². The van der Waals surface area contributed by atoms with Crippen molar-refractivity contribution >= 4 is 25.6 Å². The molecule has 0 N–H and O–H groups in total. The SMILES string of the molecule is COc1ccc(CN2CC(S(=O)(=O)Cl)CC2=O)cc1. The maximum Gasteiger partial charge on any atom is 0.237 e. The number of likely N-dealkylation sites (tertiary alicyclic amines) is 1. The Morgan fingerprint density at radius 1 is 1.37 bits per heavy atom. The highest BCUT2D eigenvalue weighted by atomic mass is 35.7. The first kappa shape index (κ1) is 14.1. The molecule has 1 aromatic rings. The van der Waals surface area contributed by atoms with Crippen LogP contribution in [0.1, 0.15) is 12.0 Å². The predicted octanol–water partition coefficient (Wildman–Crippen LogP) is 1.36. The van der Waals surface area contributed by atoms with Gasteiger partial charge in [-0.15, -0.1) is 0 Å². The van der Waals surface area contributed by atoms with Crippen molar-refractivity contribution in [3.05, 3.63) is 29.8 Å². The van der Waals surface area contributed by atoms with Gasteiger partial charge in [0, 0.05) is 30.2 Å². The van der Waals surface area contributed by atoms with Crippen molar-refractivity contribution in [1.82, 2.24) is 4.90 Å². The van der Waals surface area contributed by atoms with Gasteiger partial charge in [-0.05, 0) is 17.7 Å². The molecule has 1 unspecified atom stereocenters. The molecule has 1 atom stereocenters. The van der Waals surface area contributed by atoms with Crippen LogP contribution in [-0.2, 0) is 20.4 Å². The minimum Gasteiger partial charge on any atom is -0.497 e. The zero-order chi connectivity index (χ0) is 14.0. The molecule has 1 heterocycles. The lowest BCUT2D eigenvalue weighted by Crippen LogP contribution is -2.26. The molecule has 0 aromatic heterocycles. The number of benzene rings is 1. The van der Waals surface area contributed by atoms with Gasteiger partial charge in [0.05, 0.1) is 7.11 Å². The first-order valence-corrected chi connectivity index (χ1v) is 8.11. The van der Waals surface area contributed by atoms with Crippen molar-refractivity contribution in [1.29, 1.82) is 0 Å². The Hall–Kier alpha value is -1.27. The molecule has 104 valence electrons. The van der Waals surface area contributed by atoms with Crippen LogP contribution in [0.2, 0.25) is 0 Å². The maximum atomic E-state index is 11.7. The third-order valence-corrected chi connectivity index (χ3v) is 4.98. The molecule has 1 aliphatic heterocycles. The fourth-order valence-electron chi connectivity index (χ4n) is 2.03. The van der Waals surface area contributed by atoms with Gasteiger partial charge in [0.15, 0.2) is 0 Å². The first-order valence-electron chi connectivity index (χ1n) is 5.74. The summed E-state index contributed by atoms with van der Waals surface area (Å²) in [7, 11) is 3.19. The third kappa shape index (κ3) is 3.39. The van der Waals surface area contributed by atoms with Crippen molar-refractivity contribution in [3.63, 3.8) is 0 Å². The summed E-state index contributed by atoms with van der Waals surface area (Å²) in [6, 6.07) is 7.28. The van der Waals surface area contributed by atoms with Gasteiger partial charge >= 0.3 is 0 Å². The van der Waals surface area contributed by atoms with E-state index in [2.05, 4.69) is 0 Å². The zero-order valence-corrected chi connectivity index (χ0v) is 11.9. The minimum absolute atomic E-state index is 0.0397. The molecule has 2 rings (SSSR count). The van der Waals surface area contributed by atoms with E-state index in [1.807, 2.05) is 12.1 Å². The van der Waals surface area contributed by atoms with Gasteiger partial charge < -0.3 is 9.64 Å². The van der Waals surface area contributed by atoms with Crippen molar-refractivity contribution in [3.8, 4) is 5.75 Å². The van der Waals surface area contributed by atoms with Crippen LogP contribution in [0.3, 0.4) is 0 Å². The topological polar surface area (TPSA) is 63.7 Å². The van der Waals surface area contributed by atoms with E-state index >= 15 is 0 Å². The van der Waals surface area contributed by atoms with Crippen molar-refractivity contribution in [2.45, 2.75) is 18.2 Å². The number of ether oxygens (including phenoxy) is 1. The number of hydrogen-bond acceptors (Lipinski definition) is 4. The lowest BCUT2D eigenvalue weighted by molar-refractivity contribution is -0.128. The van der Waals surface area contributed by atoms with Gasteiger partial charge in [-0.2, -0.15) is 0 Å². The Morgan fingerprint density at radius 2 is 2.00 bits per heavy atom. The highest BCUT2D eigenvalue weighted by Gasteiger charge is 2.37. The van der Waals surface area contributed by atoms with Gasteiger partial charge in [0.1, 0.15) is 11.0 Å². The average Bonchev–Trinajstić information content (AvgIpc) is 2.72. The van der Waals surface area contributed by atoms with E-state index in [0.717, 1.165) is 11.3 Å². The molecule has 0 aliphatic carbocycles. The summed E-state index contributed by atoms with van der Waals surface area (Å²) in [5.74, 6) is 0.544. The van der Waals surface area contributed by atoms with E-state index in [0.29, 0.717) is 6.54 Å². The maximum absolute atomic E-state index is 11.7. The van der Waals surface area contributed by atoms with Crippen LogP contribution in [0.5, 0.6) is 5.75 Å². The largest absolute Gasteiger partial charge is 0.497 e. The zero-order valence-electron chi connectivity index (χ0n) is 10.4. The number of carbonyl (C=O) groups excluding carboxylic acids is 1. The molecule has 0 bridgehead atoms. The van der Waals surface area contributed by atoms with Crippen LogP contribution in [-0.4, -0.2) is 38.1 Å². The number of rotatable bonds is 4. The molecule has 1 amide bonds. The van der Waals surface area contributed by atoms with Crippen molar-refractivity contribution in [2.24, 2.45) is 0 Å². The summed E-state index contributed by atoms with van der Waals surface area (Å²) in [5.41, 5.74) is 0.918. The van der Waals surface area contributed by atoms with E-state index < -0.39 is 14.3 Å². The highest BCUT2D eigenvalue weighted by molar-refractivity contribution is 8.14. The molecule has 5 nitrogen and oxygen atoms in total. The summed E-state index contributed by atoms with van der Waals surface area (Å²) in [5, 5.41) is -0.806. The molecule has 1 fully saturated rings. The lowest BCUT2D eigenvalue weighted by atomic mass is 10.2. The number of methoxy groups -OCH3 is 1. The molecular weight excluding hydrogens is 290 g/mol. The van der Waals surface area contributed by atoms with Crippen LogP contribution in [0, 0.1) is 0 Å². The van der Waals surface area contributed by atoms with Gasteiger partial charge in [-0.3, -0.25) is 4.79 Å². The summed E-state index contributed by atoms with van der Waals surface area (Å²) >= 11 is 0. The summed E-state index contributed by atoms with van der Waals surface area (Å²) < 4.78 is 27.5. The minimum atomic E-state index is -3.68. The van der Waals surface area contributed by atoms with E-state index in [9.17, 15) is 13.2 Å². The van der Waals surface area contributed by atoms with Crippen LogP contribution >= 0.6 is 10.7 Å². The molecule has 0 saturated carbocycles. The van der Waals surface area contributed by atoms with Gasteiger partial charge in [-0.1, -0.05) is 12.1 Å². The Bertz CT molecular complexity index is 570. The quantitative estimate of drug-likeness (QED) is 0.788. The van der Waals surface area contributed by atoms with Crippen LogP contribution in [0.15, 0.2) is 24.3 Å². The van der Waals surface area contributed by atoms with Crippen LogP contribution < -0.4 is 4.74 Å². The standard InChI is InChI=1S/C12H14ClNO4S/c1-18-10-4-2-9(3-5-10)7-14-8-11(6-12(14)15)19(13,16)17/h2-5,11H,6-8H2,1H3. The smallest absolute Gasteiger partial charge is 0.237 e. The fourth-order valence-corrected chi connectivity index (χ4v) is 3.09. The molecule has 1 aromatic carbocycles. The van der Waals surface area contributed by atoms with E-state index in [1.54, 1.807) is 19.2 Å². The molecular formula is C12H14ClNO4S. The lowest BCUT2D eigenvalue weighted by Gasteiger charge is -2.16. The normalized spacial score (nSPS) is 19.8. The Labute approximate surface area is 116 Å². The molecule has 0 spiro atoms. The second-order valence-corrected chi connectivity index (χ2v) is 7.33. The van der Waals surface area contributed by atoms with Crippen LogP contribution in [0.25, 0.3) is 0 Å². The van der Waals surface area contributed by atoms with Gasteiger partial charge in [0.25, 0.3) is 0 Å². The van der Waals surface area contributed by atoms with E-state index in [4.69, 9.17) is 15.4 Å². The monoisotopic (exact) mass is 303 g/mol. The van der Waals surface area contributed by atoms with Crippen molar-refractivity contribution < 1.29 is 17.9 Å². The summed E-state index contributed by atoms with van der Waals surface area (Å²) in [6.07, 6.45) is -0.0397. The highest BCUT2D eigenvalue weighted by Crippen LogP contribution is 2.23. The molecule has 19 heavy (non-hydrogen) atoms. The number of hydrogen-bond donors (Lipinski definition) is 0. The number of carbonyl (C=O) groups is 1. The summed E-state index contributed by atoms with van der Waals surface area (Å²) in [4.78, 5) is 13.2. The number of nitrogens with zero attached hydrogens (tertiary/aromatic N) is 1. The van der Waals surface area contributed by atoms with Crippen LogP contribution in [0.4, 0.5) is 0 Å². The molecule has 1 saturated heterocycles. The van der Waals surface area contributed by atoms with E-state index in [1.165, 1.54) is 4.90 Å².